The Morgan fingerprint density at radius 3 is 2.70 bits per heavy atom. The van der Waals surface area contributed by atoms with Crippen LogP contribution in [0.4, 0.5) is 10.1 Å². The van der Waals surface area contributed by atoms with Crippen molar-refractivity contribution in [2.45, 2.75) is 6.42 Å². The van der Waals surface area contributed by atoms with Gasteiger partial charge in [-0.15, -0.1) is 0 Å². The molecular weight excluding hydrogens is 389 g/mol. The van der Waals surface area contributed by atoms with Crippen molar-refractivity contribution in [2.75, 3.05) is 18.5 Å². The number of nitrogens with one attached hydrogen (secondary N) is 1. The van der Waals surface area contributed by atoms with E-state index < -0.39 is 5.82 Å². The van der Waals surface area contributed by atoms with E-state index in [0.29, 0.717) is 34.9 Å². The first-order chi connectivity index (χ1) is 11.0. The van der Waals surface area contributed by atoms with Crippen molar-refractivity contribution in [2.24, 2.45) is 0 Å². The quantitative estimate of drug-likeness (QED) is 0.840. The third-order valence-electron chi connectivity index (χ3n) is 3.24. The molecular formula is C16H12BrClFNO3. The predicted molar refractivity (Wildman–Crippen MR) is 88.9 cm³/mol. The molecule has 0 unspecified atom stereocenters. The van der Waals surface area contributed by atoms with Gasteiger partial charge < -0.3 is 14.8 Å². The standard InChI is InChI=1S/C16H12BrClFNO3/c17-11-7-10(19)8-12(18)16(11)20-15(21)6-9-1-2-13-14(5-9)23-4-3-22-13/h1-2,5,7-8H,3-4,6H2,(H,20,21). The van der Waals surface area contributed by atoms with E-state index in [1.165, 1.54) is 6.07 Å². The Kier molecular flexibility index (Phi) is 4.73. The Bertz CT molecular complexity index is 746. The van der Waals surface area contributed by atoms with E-state index in [1.54, 1.807) is 18.2 Å². The number of ether oxygens (including phenoxy) is 2. The van der Waals surface area contributed by atoms with E-state index in [0.717, 1.165) is 11.6 Å². The van der Waals surface area contributed by atoms with Gasteiger partial charge in [-0.1, -0.05) is 17.7 Å². The molecule has 120 valence electrons. The van der Waals surface area contributed by atoms with Crippen LogP contribution in [0.15, 0.2) is 34.8 Å². The zero-order valence-electron chi connectivity index (χ0n) is 11.9. The Hall–Kier alpha value is -1.79. The van der Waals surface area contributed by atoms with Crippen molar-refractivity contribution in [1.29, 1.82) is 0 Å². The zero-order valence-corrected chi connectivity index (χ0v) is 14.2. The number of fused-ring (bicyclic) bond motifs is 1. The number of carbonyl (C=O) groups is 1. The fraction of sp³-hybridized carbons (Fsp3) is 0.188. The van der Waals surface area contributed by atoms with Crippen LogP contribution >= 0.6 is 27.5 Å². The summed E-state index contributed by atoms with van der Waals surface area (Å²) in [6.07, 6.45) is 0.136. The molecule has 1 heterocycles. The van der Waals surface area contributed by atoms with Crippen LogP contribution in [0.5, 0.6) is 11.5 Å². The van der Waals surface area contributed by atoms with Gasteiger partial charge >= 0.3 is 0 Å². The van der Waals surface area contributed by atoms with Gasteiger partial charge in [0.05, 0.1) is 17.1 Å². The lowest BCUT2D eigenvalue weighted by Gasteiger charge is -2.18. The second-order valence-corrected chi connectivity index (χ2v) is 6.21. The fourth-order valence-electron chi connectivity index (χ4n) is 2.23. The highest BCUT2D eigenvalue weighted by atomic mass is 79.9. The monoisotopic (exact) mass is 399 g/mol. The first-order valence-corrected chi connectivity index (χ1v) is 8.03. The highest BCUT2D eigenvalue weighted by Gasteiger charge is 2.15. The van der Waals surface area contributed by atoms with Crippen LogP contribution in [0, 0.1) is 5.82 Å². The van der Waals surface area contributed by atoms with Gasteiger partial charge in [-0.3, -0.25) is 4.79 Å². The normalized spacial score (nSPS) is 12.8. The number of benzene rings is 2. The van der Waals surface area contributed by atoms with Gasteiger partial charge in [-0.2, -0.15) is 0 Å². The smallest absolute Gasteiger partial charge is 0.228 e. The maximum absolute atomic E-state index is 13.2. The zero-order chi connectivity index (χ0) is 16.4. The van der Waals surface area contributed by atoms with Crippen molar-refractivity contribution < 1.29 is 18.7 Å². The predicted octanol–water partition coefficient (Wildman–Crippen LogP) is 4.19. The summed E-state index contributed by atoms with van der Waals surface area (Å²) in [5.41, 5.74) is 1.12. The summed E-state index contributed by atoms with van der Waals surface area (Å²) >= 11 is 9.14. The minimum atomic E-state index is -0.480. The van der Waals surface area contributed by atoms with E-state index in [2.05, 4.69) is 21.2 Å². The molecule has 1 N–H and O–H groups in total. The van der Waals surface area contributed by atoms with Crippen LogP contribution < -0.4 is 14.8 Å². The topological polar surface area (TPSA) is 47.6 Å². The van der Waals surface area contributed by atoms with Crippen LogP contribution in [0.25, 0.3) is 0 Å². The molecule has 1 aliphatic rings. The first-order valence-electron chi connectivity index (χ1n) is 6.86. The van der Waals surface area contributed by atoms with Crippen molar-refractivity contribution in [1.82, 2.24) is 0 Å². The molecule has 23 heavy (non-hydrogen) atoms. The SMILES string of the molecule is O=C(Cc1ccc2c(c1)OCCO2)Nc1c(Cl)cc(F)cc1Br. The lowest BCUT2D eigenvalue weighted by Crippen LogP contribution is -2.17. The largest absolute Gasteiger partial charge is 0.486 e. The summed E-state index contributed by atoms with van der Waals surface area (Å²) in [5, 5.41) is 2.81. The molecule has 0 radical (unpaired) electrons. The maximum atomic E-state index is 13.2. The summed E-state index contributed by atoms with van der Waals surface area (Å²) < 4.78 is 24.5. The number of halogens is 3. The third kappa shape index (κ3) is 3.76. The highest BCUT2D eigenvalue weighted by molar-refractivity contribution is 9.10. The molecule has 0 bridgehead atoms. The number of hydrogen-bond donors (Lipinski definition) is 1. The molecule has 0 saturated carbocycles. The lowest BCUT2D eigenvalue weighted by atomic mass is 10.1. The van der Waals surface area contributed by atoms with Crippen LogP contribution in [-0.2, 0) is 11.2 Å². The minimum Gasteiger partial charge on any atom is -0.486 e. The number of anilines is 1. The molecule has 2 aromatic rings. The minimum absolute atomic E-state index is 0.132. The van der Waals surface area contributed by atoms with Crippen LogP contribution in [-0.4, -0.2) is 19.1 Å². The van der Waals surface area contributed by atoms with Crippen LogP contribution in [0.1, 0.15) is 5.56 Å². The summed E-state index contributed by atoms with van der Waals surface area (Å²) in [5.74, 6) is 0.551. The molecule has 4 nitrogen and oxygen atoms in total. The van der Waals surface area contributed by atoms with Gasteiger partial charge in [0.25, 0.3) is 0 Å². The van der Waals surface area contributed by atoms with Gasteiger partial charge in [0.2, 0.25) is 5.91 Å². The van der Waals surface area contributed by atoms with E-state index in [4.69, 9.17) is 21.1 Å². The summed E-state index contributed by atoms with van der Waals surface area (Å²) in [6, 6.07) is 7.74. The first kappa shape index (κ1) is 16.1. The molecule has 3 rings (SSSR count). The third-order valence-corrected chi connectivity index (χ3v) is 4.17. The Balaban J connectivity index is 1.73. The molecule has 0 spiro atoms. The molecule has 0 atom stereocenters. The number of rotatable bonds is 3. The Morgan fingerprint density at radius 1 is 1.22 bits per heavy atom. The van der Waals surface area contributed by atoms with Crippen molar-refractivity contribution in [3.05, 3.63) is 51.2 Å². The van der Waals surface area contributed by atoms with Crippen molar-refractivity contribution in [3.8, 4) is 11.5 Å². The van der Waals surface area contributed by atoms with E-state index in [1.807, 2.05) is 0 Å². The average molecular weight is 401 g/mol. The highest BCUT2D eigenvalue weighted by Crippen LogP contribution is 2.33. The van der Waals surface area contributed by atoms with Crippen molar-refractivity contribution >= 4 is 39.1 Å². The van der Waals surface area contributed by atoms with Gasteiger partial charge in [0, 0.05) is 4.47 Å². The van der Waals surface area contributed by atoms with Gasteiger partial charge in [-0.05, 0) is 45.8 Å². The van der Waals surface area contributed by atoms with E-state index in [9.17, 15) is 9.18 Å². The molecule has 1 aliphatic heterocycles. The second-order valence-electron chi connectivity index (χ2n) is 4.95. The molecule has 0 aliphatic carbocycles. The number of hydrogen-bond acceptors (Lipinski definition) is 3. The fourth-order valence-corrected chi connectivity index (χ4v) is 3.13. The van der Waals surface area contributed by atoms with E-state index >= 15 is 0 Å². The van der Waals surface area contributed by atoms with Crippen molar-refractivity contribution in [3.63, 3.8) is 0 Å². The number of amides is 1. The molecule has 1 amide bonds. The van der Waals surface area contributed by atoms with Gasteiger partial charge in [0.1, 0.15) is 19.0 Å². The Morgan fingerprint density at radius 2 is 1.96 bits per heavy atom. The molecule has 0 saturated heterocycles. The molecule has 0 aromatic heterocycles. The maximum Gasteiger partial charge on any atom is 0.228 e. The summed E-state index contributed by atoms with van der Waals surface area (Å²) in [6.45, 7) is 1.00. The lowest BCUT2D eigenvalue weighted by molar-refractivity contribution is -0.115. The second kappa shape index (κ2) is 6.76. The molecule has 7 heteroatoms. The summed E-state index contributed by atoms with van der Waals surface area (Å²) in [4.78, 5) is 12.2. The summed E-state index contributed by atoms with van der Waals surface area (Å²) in [7, 11) is 0. The average Bonchev–Trinajstić information content (AvgIpc) is 2.51. The van der Waals surface area contributed by atoms with Crippen LogP contribution in [0.2, 0.25) is 5.02 Å². The van der Waals surface area contributed by atoms with Crippen LogP contribution in [0.3, 0.4) is 0 Å². The van der Waals surface area contributed by atoms with Gasteiger partial charge in [-0.25, -0.2) is 4.39 Å². The molecule has 0 fully saturated rings. The Labute approximate surface area is 145 Å². The van der Waals surface area contributed by atoms with Gasteiger partial charge in [0.15, 0.2) is 11.5 Å². The molecule has 2 aromatic carbocycles. The number of carbonyl (C=O) groups excluding carboxylic acids is 1. The van der Waals surface area contributed by atoms with E-state index in [-0.39, 0.29) is 17.4 Å².